The van der Waals surface area contributed by atoms with Gasteiger partial charge in [-0.15, -0.1) is 0 Å². The van der Waals surface area contributed by atoms with Gasteiger partial charge in [0.05, 0.1) is 19.3 Å². The van der Waals surface area contributed by atoms with Crippen molar-refractivity contribution in [3.63, 3.8) is 0 Å². The van der Waals surface area contributed by atoms with Crippen molar-refractivity contribution in [1.29, 1.82) is 0 Å². The van der Waals surface area contributed by atoms with Crippen LogP contribution in [-0.4, -0.2) is 24.2 Å². The summed E-state index contributed by atoms with van der Waals surface area (Å²) in [5.74, 6) is 1.50. The molecule has 1 aromatic carbocycles. The van der Waals surface area contributed by atoms with Crippen molar-refractivity contribution in [3.05, 3.63) is 29.8 Å². The second-order valence-electron chi connectivity index (χ2n) is 6.26. The number of rotatable bonds is 7. The largest absolute Gasteiger partial charge is 0.497 e. The quantitative estimate of drug-likeness (QED) is 0.813. The molecule has 0 radical (unpaired) electrons. The Morgan fingerprint density at radius 1 is 1.32 bits per heavy atom. The van der Waals surface area contributed by atoms with Crippen molar-refractivity contribution in [1.82, 2.24) is 5.32 Å². The number of aliphatic hydroxyl groups excluding tert-OH is 1. The van der Waals surface area contributed by atoms with E-state index < -0.39 is 6.10 Å². The Kier molecular flexibility index (Phi) is 6.25. The first-order valence-corrected chi connectivity index (χ1v) is 8.21. The minimum Gasteiger partial charge on any atom is -0.497 e. The highest BCUT2D eigenvalue weighted by Gasteiger charge is 2.20. The Balaban J connectivity index is 1.78. The van der Waals surface area contributed by atoms with Crippen LogP contribution in [0, 0.1) is 5.92 Å². The van der Waals surface area contributed by atoms with Crippen molar-refractivity contribution < 1.29 is 14.6 Å². The summed E-state index contributed by atoms with van der Waals surface area (Å²) in [5.41, 5.74) is 0.782. The van der Waals surface area contributed by atoms with Crippen LogP contribution in [0.2, 0.25) is 0 Å². The van der Waals surface area contributed by atoms with Gasteiger partial charge in [-0.05, 0) is 37.0 Å². The molecule has 0 saturated heterocycles. The second-order valence-corrected chi connectivity index (χ2v) is 6.26. The van der Waals surface area contributed by atoms with Crippen LogP contribution in [0.3, 0.4) is 0 Å². The van der Waals surface area contributed by atoms with Crippen LogP contribution in [0.4, 0.5) is 0 Å². The van der Waals surface area contributed by atoms with Crippen LogP contribution in [0.25, 0.3) is 0 Å². The SMILES string of the molecule is COc1ccc(C(O)C(C)NC(=O)CCC2CCCC2)cc1. The molecule has 1 aliphatic carbocycles. The van der Waals surface area contributed by atoms with Gasteiger partial charge in [-0.25, -0.2) is 0 Å². The number of benzene rings is 1. The standard InChI is InChI=1S/C18H27NO3/c1-13(18(21)15-8-10-16(22-2)11-9-15)19-17(20)12-7-14-5-3-4-6-14/h8-11,13-14,18,21H,3-7,12H2,1-2H3,(H,19,20). The van der Waals surface area contributed by atoms with Gasteiger partial charge >= 0.3 is 0 Å². The van der Waals surface area contributed by atoms with Crippen LogP contribution in [0.15, 0.2) is 24.3 Å². The van der Waals surface area contributed by atoms with E-state index in [1.807, 2.05) is 31.2 Å². The van der Waals surface area contributed by atoms with Crippen molar-refractivity contribution >= 4 is 5.91 Å². The molecule has 2 N–H and O–H groups in total. The van der Waals surface area contributed by atoms with E-state index in [1.165, 1.54) is 25.7 Å². The summed E-state index contributed by atoms with van der Waals surface area (Å²) < 4.78 is 5.10. The Labute approximate surface area is 132 Å². The number of ether oxygens (including phenoxy) is 1. The third kappa shape index (κ3) is 4.73. The summed E-state index contributed by atoms with van der Waals surface area (Å²) in [6.45, 7) is 1.84. The number of carbonyl (C=O) groups is 1. The Morgan fingerprint density at radius 3 is 2.55 bits per heavy atom. The Hall–Kier alpha value is -1.55. The maximum absolute atomic E-state index is 12.0. The molecule has 22 heavy (non-hydrogen) atoms. The fourth-order valence-electron chi connectivity index (χ4n) is 3.13. The normalized spacial score (nSPS) is 18.0. The number of aliphatic hydroxyl groups is 1. The number of carbonyl (C=O) groups excluding carboxylic acids is 1. The third-order valence-electron chi connectivity index (χ3n) is 4.57. The molecule has 4 heteroatoms. The summed E-state index contributed by atoms with van der Waals surface area (Å²) in [7, 11) is 1.61. The van der Waals surface area contributed by atoms with E-state index in [9.17, 15) is 9.90 Å². The van der Waals surface area contributed by atoms with E-state index in [4.69, 9.17) is 4.74 Å². The van der Waals surface area contributed by atoms with Gasteiger partial charge in [0.15, 0.2) is 0 Å². The lowest BCUT2D eigenvalue weighted by atomic mass is 10.0. The molecule has 4 nitrogen and oxygen atoms in total. The number of methoxy groups -OCH3 is 1. The van der Waals surface area contributed by atoms with Crippen molar-refractivity contribution in [2.75, 3.05) is 7.11 Å². The van der Waals surface area contributed by atoms with Gasteiger partial charge in [-0.3, -0.25) is 4.79 Å². The van der Waals surface area contributed by atoms with E-state index in [0.29, 0.717) is 12.3 Å². The Bertz CT molecular complexity index is 466. The van der Waals surface area contributed by atoms with E-state index in [2.05, 4.69) is 5.32 Å². The van der Waals surface area contributed by atoms with Gasteiger partial charge in [-0.1, -0.05) is 37.8 Å². The highest BCUT2D eigenvalue weighted by molar-refractivity contribution is 5.76. The molecule has 1 aromatic rings. The average molecular weight is 305 g/mol. The molecule has 0 spiro atoms. The topological polar surface area (TPSA) is 58.6 Å². The number of nitrogens with one attached hydrogen (secondary N) is 1. The van der Waals surface area contributed by atoms with Crippen LogP contribution in [0.5, 0.6) is 5.75 Å². The predicted molar refractivity (Wildman–Crippen MR) is 86.8 cm³/mol. The molecule has 0 heterocycles. The lowest BCUT2D eigenvalue weighted by Gasteiger charge is -2.21. The molecule has 1 saturated carbocycles. The van der Waals surface area contributed by atoms with Gasteiger partial charge < -0.3 is 15.2 Å². The van der Waals surface area contributed by atoms with Crippen molar-refractivity contribution in [3.8, 4) is 5.75 Å². The molecule has 0 aliphatic heterocycles. The minimum atomic E-state index is -0.707. The van der Waals surface area contributed by atoms with E-state index in [-0.39, 0.29) is 11.9 Å². The summed E-state index contributed by atoms with van der Waals surface area (Å²) in [6.07, 6.45) is 5.95. The van der Waals surface area contributed by atoms with Gasteiger partial charge in [0.1, 0.15) is 5.75 Å². The summed E-state index contributed by atoms with van der Waals surface area (Å²) in [6, 6.07) is 6.97. The summed E-state index contributed by atoms with van der Waals surface area (Å²) in [5, 5.41) is 13.2. The maximum atomic E-state index is 12.0. The lowest BCUT2D eigenvalue weighted by Crippen LogP contribution is -2.37. The van der Waals surface area contributed by atoms with Gasteiger partial charge in [-0.2, -0.15) is 0 Å². The molecule has 1 aliphatic rings. The Morgan fingerprint density at radius 2 is 1.95 bits per heavy atom. The minimum absolute atomic E-state index is 0.0342. The monoisotopic (exact) mass is 305 g/mol. The second kappa shape index (κ2) is 8.18. The molecule has 2 unspecified atom stereocenters. The smallest absolute Gasteiger partial charge is 0.220 e. The van der Waals surface area contributed by atoms with E-state index >= 15 is 0 Å². The van der Waals surface area contributed by atoms with Crippen LogP contribution in [-0.2, 0) is 4.79 Å². The predicted octanol–water partition coefficient (Wildman–Crippen LogP) is 3.20. The van der Waals surface area contributed by atoms with Crippen molar-refractivity contribution in [2.24, 2.45) is 5.92 Å². The van der Waals surface area contributed by atoms with Gasteiger partial charge in [0.25, 0.3) is 0 Å². The van der Waals surface area contributed by atoms with Crippen molar-refractivity contribution in [2.45, 2.75) is 57.6 Å². The summed E-state index contributed by atoms with van der Waals surface area (Å²) in [4.78, 5) is 12.0. The van der Waals surface area contributed by atoms with Gasteiger partial charge in [0, 0.05) is 6.42 Å². The first kappa shape index (κ1) is 16.8. The first-order chi connectivity index (χ1) is 10.6. The van der Waals surface area contributed by atoms with E-state index in [1.54, 1.807) is 7.11 Å². The summed E-state index contributed by atoms with van der Waals surface area (Å²) >= 11 is 0. The fraction of sp³-hybridized carbons (Fsp3) is 0.611. The molecule has 2 atom stereocenters. The zero-order valence-electron chi connectivity index (χ0n) is 13.5. The first-order valence-electron chi connectivity index (χ1n) is 8.21. The van der Waals surface area contributed by atoms with E-state index in [0.717, 1.165) is 17.7 Å². The highest BCUT2D eigenvalue weighted by atomic mass is 16.5. The molecule has 1 fully saturated rings. The molecule has 0 bridgehead atoms. The third-order valence-corrected chi connectivity index (χ3v) is 4.57. The number of hydrogen-bond acceptors (Lipinski definition) is 3. The average Bonchev–Trinajstić information content (AvgIpc) is 3.05. The zero-order valence-corrected chi connectivity index (χ0v) is 13.5. The molecule has 1 amide bonds. The van der Waals surface area contributed by atoms with Crippen LogP contribution < -0.4 is 10.1 Å². The number of hydrogen-bond donors (Lipinski definition) is 2. The number of amides is 1. The molecule has 122 valence electrons. The zero-order chi connectivity index (χ0) is 15.9. The molecular weight excluding hydrogens is 278 g/mol. The molecule has 0 aromatic heterocycles. The fourth-order valence-corrected chi connectivity index (χ4v) is 3.13. The highest BCUT2D eigenvalue weighted by Crippen LogP contribution is 2.28. The maximum Gasteiger partial charge on any atom is 0.220 e. The van der Waals surface area contributed by atoms with Crippen LogP contribution >= 0.6 is 0 Å². The molecular formula is C18H27NO3. The van der Waals surface area contributed by atoms with Gasteiger partial charge in [0.2, 0.25) is 5.91 Å². The van der Waals surface area contributed by atoms with Crippen LogP contribution in [0.1, 0.15) is 57.1 Å². The lowest BCUT2D eigenvalue weighted by molar-refractivity contribution is -0.122. The molecule has 2 rings (SSSR count).